The van der Waals surface area contributed by atoms with Gasteiger partial charge in [-0.3, -0.25) is 11.3 Å². The number of nitrogens with one attached hydrogen (secondary N) is 1. The highest BCUT2D eigenvalue weighted by molar-refractivity contribution is 7.99. The molecule has 1 rings (SSSR count). The SMILES string of the molecule is CCCSCC(NN)C1=COCCC1. The first-order valence-corrected chi connectivity index (χ1v) is 6.38. The number of hydrazine groups is 1. The van der Waals surface area contributed by atoms with Gasteiger partial charge < -0.3 is 4.74 Å². The lowest BCUT2D eigenvalue weighted by molar-refractivity contribution is 0.220. The van der Waals surface area contributed by atoms with Crippen LogP contribution in [0.4, 0.5) is 0 Å². The lowest BCUT2D eigenvalue weighted by Gasteiger charge is -2.22. The average Bonchev–Trinajstić information content (AvgIpc) is 2.26. The third-order valence-electron chi connectivity index (χ3n) is 2.24. The molecule has 3 nitrogen and oxygen atoms in total. The third kappa shape index (κ3) is 3.90. The normalized spacial score (nSPS) is 18.6. The predicted octanol–water partition coefficient (Wildman–Crippen LogP) is 1.66. The minimum atomic E-state index is 0.284. The highest BCUT2D eigenvalue weighted by Gasteiger charge is 2.15. The largest absolute Gasteiger partial charge is 0.501 e. The number of hydrogen-bond donors (Lipinski definition) is 2. The summed E-state index contributed by atoms with van der Waals surface area (Å²) in [4.78, 5) is 0. The van der Waals surface area contributed by atoms with Gasteiger partial charge in [-0.1, -0.05) is 6.92 Å². The van der Waals surface area contributed by atoms with Crippen molar-refractivity contribution in [3.8, 4) is 0 Å². The molecule has 0 spiro atoms. The van der Waals surface area contributed by atoms with Gasteiger partial charge in [-0.15, -0.1) is 0 Å². The molecule has 0 saturated heterocycles. The lowest BCUT2D eigenvalue weighted by Crippen LogP contribution is -2.39. The zero-order valence-electron chi connectivity index (χ0n) is 8.79. The molecular weight excluding hydrogens is 196 g/mol. The number of nitrogens with two attached hydrogens (primary N) is 1. The summed E-state index contributed by atoms with van der Waals surface area (Å²) < 4.78 is 5.30. The Labute approximate surface area is 90.4 Å². The Balaban J connectivity index is 2.32. The maximum absolute atomic E-state index is 5.53. The molecule has 1 aliphatic heterocycles. The van der Waals surface area contributed by atoms with Crippen LogP contribution in [0.2, 0.25) is 0 Å². The summed E-state index contributed by atoms with van der Waals surface area (Å²) in [5.74, 6) is 7.77. The van der Waals surface area contributed by atoms with E-state index in [-0.39, 0.29) is 6.04 Å². The van der Waals surface area contributed by atoms with Crippen LogP contribution in [0.5, 0.6) is 0 Å². The second kappa shape index (κ2) is 7.15. The maximum atomic E-state index is 5.53. The fourth-order valence-electron chi connectivity index (χ4n) is 1.45. The van der Waals surface area contributed by atoms with Crippen molar-refractivity contribution in [2.24, 2.45) is 5.84 Å². The molecule has 4 heteroatoms. The summed E-state index contributed by atoms with van der Waals surface area (Å²) in [7, 11) is 0. The zero-order valence-corrected chi connectivity index (χ0v) is 9.61. The van der Waals surface area contributed by atoms with Crippen LogP contribution in [0.1, 0.15) is 26.2 Å². The number of hydrogen-bond acceptors (Lipinski definition) is 4. The summed E-state index contributed by atoms with van der Waals surface area (Å²) in [6, 6.07) is 0.284. The van der Waals surface area contributed by atoms with Gasteiger partial charge in [0.05, 0.1) is 18.9 Å². The van der Waals surface area contributed by atoms with Gasteiger partial charge in [-0.05, 0) is 30.6 Å². The molecule has 1 unspecified atom stereocenters. The molecule has 0 aromatic rings. The van der Waals surface area contributed by atoms with E-state index in [4.69, 9.17) is 10.6 Å². The summed E-state index contributed by atoms with van der Waals surface area (Å²) in [6.45, 7) is 3.05. The van der Waals surface area contributed by atoms with Gasteiger partial charge in [0.25, 0.3) is 0 Å². The van der Waals surface area contributed by atoms with Crippen LogP contribution >= 0.6 is 11.8 Å². The van der Waals surface area contributed by atoms with Gasteiger partial charge in [0.15, 0.2) is 0 Å². The monoisotopic (exact) mass is 216 g/mol. The van der Waals surface area contributed by atoms with Crippen molar-refractivity contribution in [2.75, 3.05) is 18.1 Å². The minimum Gasteiger partial charge on any atom is -0.501 e. The van der Waals surface area contributed by atoms with Crippen molar-refractivity contribution < 1.29 is 4.74 Å². The quantitative estimate of drug-likeness (QED) is 0.403. The molecule has 0 radical (unpaired) electrons. The second-order valence-electron chi connectivity index (χ2n) is 3.46. The van der Waals surface area contributed by atoms with Crippen molar-refractivity contribution in [1.82, 2.24) is 5.43 Å². The van der Waals surface area contributed by atoms with Crippen LogP contribution < -0.4 is 11.3 Å². The van der Waals surface area contributed by atoms with Gasteiger partial charge in [0, 0.05) is 5.75 Å². The fraction of sp³-hybridized carbons (Fsp3) is 0.800. The van der Waals surface area contributed by atoms with Crippen LogP contribution in [-0.4, -0.2) is 24.2 Å². The summed E-state index contributed by atoms with van der Waals surface area (Å²) in [6.07, 6.45) is 5.32. The Morgan fingerprint density at radius 3 is 3.14 bits per heavy atom. The van der Waals surface area contributed by atoms with Crippen LogP contribution in [0, 0.1) is 0 Å². The van der Waals surface area contributed by atoms with Gasteiger partial charge in [-0.2, -0.15) is 11.8 Å². The summed E-state index contributed by atoms with van der Waals surface area (Å²) in [5.41, 5.74) is 4.17. The van der Waals surface area contributed by atoms with Crippen LogP contribution in [0.15, 0.2) is 11.8 Å². The Hall–Kier alpha value is -0.190. The van der Waals surface area contributed by atoms with Gasteiger partial charge >= 0.3 is 0 Å². The van der Waals surface area contributed by atoms with E-state index in [2.05, 4.69) is 12.3 Å². The predicted molar refractivity (Wildman–Crippen MR) is 62.0 cm³/mol. The molecule has 0 saturated carbocycles. The van der Waals surface area contributed by atoms with E-state index in [0.717, 1.165) is 25.2 Å². The van der Waals surface area contributed by atoms with Gasteiger partial charge in [0.2, 0.25) is 0 Å². The van der Waals surface area contributed by atoms with E-state index in [1.807, 2.05) is 18.0 Å². The van der Waals surface area contributed by atoms with Crippen LogP contribution in [0.3, 0.4) is 0 Å². The number of rotatable bonds is 6. The lowest BCUT2D eigenvalue weighted by atomic mass is 10.0. The van der Waals surface area contributed by atoms with E-state index in [9.17, 15) is 0 Å². The van der Waals surface area contributed by atoms with Crippen LogP contribution in [0.25, 0.3) is 0 Å². The average molecular weight is 216 g/mol. The van der Waals surface area contributed by atoms with E-state index in [0.29, 0.717) is 0 Å². The smallest absolute Gasteiger partial charge is 0.0876 e. The molecule has 1 aliphatic rings. The molecular formula is C10H20N2OS. The Bertz CT molecular complexity index is 185. The molecule has 0 fully saturated rings. The zero-order chi connectivity index (χ0) is 10.2. The van der Waals surface area contributed by atoms with E-state index in [1.54, 1.807) is 0 Å². The van der Waals surface area contributed by atoms with Crippen molar-refractivity contribution in [3.63, 3.8) is 0 Å². The van der Waals surface area contributed by atoms with Gasteiger partial charge in [0.1, 0.15) is 0 Å². The van der Waals surface area contributed by atoms with Crippen molar-refractivity contribution in [1.29, 1.82) is 0 Å². The highest BCUT2D eigenvalue weighted by Crippen LogP contribution is 2.18. The second-order valence-corrected chi connectivity index (χ2v) is 4.61. The molecule has 14 heavy (non-hydrogen) atoms. The number of ether oxygens (including phenoxy) is 1. The standard InChI is InChI=1S/C10H20N2OS/c1-2-6-14-8-10(12-11)9-4-3-5-13-7-9/h7,10,12H,2-6,8,11H2,1H3. The molecule has 0 amide bonds. The molecule has 82 valence electrons. The first-order chi connectivity index (χ1) is 6.88. The number of thioether (sulfide) groups is 1. The van der Waals surface area contributed by atoms with E-state index in [1.165, 1.54) is 17.7 Å². The van der Waals surface area contributed by atoms with Crippen molar-refractivity contribution >= 4 is 11.8 Å². The topological polar surface area (TPSA) is 47.3 Å². The van der Waals surface area contributed by atoms with Crippen molar-refractivity contribution in [3.05, 3.63) is 11.8 Å². The van der Waals surface area contributed by atoms with Crippen molar-refractivity contribution in [2.45, 2.75) is 32.2 Å². The van der Waals surface area contributed by atoms with Crippen LogP contribution in [-0.2, 0) is 4.74 Å². The molecule has 0 aromatic heterocycles. The molecule has 1 heterocycles. The Morgan fingerprint density at radius 2 is 2.57 bits per heavy atom. The summed E-state index contributed by atoms with van der Waals surface area (Å²) in [5, 5.41) is 0. The maximum Gasteiger partial charge on any atom is 0.0876 e. The first-order valence-electron chi connectivity index (χ1n) is 5.23. The molecule has 0 aromatic carbocycles. The first kappa shape index (κ1) is 11.9. The molecule has 0 aliphatic carbocycles. The highest BCUT2D eigenvalue weighted by atomic mass is 32.2. The molecule has 0 bridgehead atoms. The summed E-state index contributed by atoms with van der Waals surface area (Å²) >= 11 is 1.94. The van der Waals surface area contributed by atoms with Gasteiger partial charge in [-0.25, -0.2) is 0 Å². The molecule has 3 N–H and O–H groups in total. The Kier molecular flexibility index (Phi) is 6.07. The fourth-order valence-corrected chi connectivity index (χ4v) is 2.45. The van der Waals surface area contributed by atoms with E-state index >= 15 is 0 Å². The third-order valence-corrected chi connectivity index (χ3v) is 3.51. The minimum absolute atomic E-state index is 0.284. The Morgan fingerprint density at radius 1 is 1.71 bits per heavy atom. The molecule has 1 atom stereocenters. The van der Waals surface area contributed by atoms with E-state index < -0.39 is 0 Å².